The molecule has 1 aromatic carbocycles. The Morgan fingerprint density at radius 2 is 2.17 bits per heavy atom. The van der Waals surface area contributed by atoms with Crippen LogP contribution in [-0.4, -0.2) is 6.26 Å². The molecule has 0 fully saturated rings. The molecule has 0 N–H and O–H groups in total. The molecule has 1 nitrogen and oxygen atoms in total. The number of hydrogen-bond acceptors (Lipinski definition) is 2. The van der Waals surface area contributed by atoms with Crippen LogP contribution < -0.4 is 0 Å². The molecule has 0 unspecified atom stereocenters. The summed E-state index contributed by atoms with van der Waals surface area (Å²) in [6, 6.07) is 8.22. The summed E-state index contributed by atoms with van der Waals surface area (Å²) in [4.78, 5) is 1.28. The molecule has 1 heterocycles. The molecule has 2 rings (SSSR count). The normalized spacial score (nSPS) is 10.8. The third-order valence-corrected chi connectivity index (χ3v) is 2.66. The molecule has 0 atom stereocenters. The standard InChI is InChI=1S/C10H10OS/c1-7-6-8-9(11-7)4-3-5-10(8)12-2/h3-6H,1-2H3. The predicted octanol–water partition coefficient (Wildman–Crippen LogP) is 3.46. The number of hydrogen-bond donors (Lipinski definition) is 0. The topological polar surface area (TPSA) is 13.1 Å². The highest BCUT2D eigenvalue weighted by Gasteiger charge is 2.03. The van der Waals surface area contributed by atoms with Crippen molar-refractivity contribution in [3.05, 3.63) is 30.0 Å². The van der Waals surface area contributed by atoms with Crippen molar-refractivity contribution in [1.29, 1.82) is 0 Å². The molecule has 2 heteroatoms. The van der Waals surface area contributed by atoms with Crippen molar-refractivity contribution in [3.63, 3.8) is 0 Å². The van der Waals surface area contributed by atoms with E-state index < -0.39 is 0 Å². The Bertz CT molecular complexity index is 403. The molecule has 0 aliphatic rings. The van der Waals surface area contributed by atoms with Gasteiger partial charge in [-0.1, -0.05) is 6.07 Å². The van der Waals surface area contributed by atoms with Crippen LogP contribution in [0.15, 0.2) is 33.6 Å². The van der Waals surface area contributed by atoms with E-state index in [1.54, 1.807) is 11.8 Å². The van der Waals surface area contributed by atoms with E-state index in [0.29, 0.717) is 0 Å². The molecule has 0 aliphatic heterocycles. The lowest BCUT2D eigenvalue weighted by Gasteiger charge is -1.95. The van der Waals surface area contributed by atoms with Crippen molar-refractivity contribution < 1.29 is 4.42 Å². The van der Waals surface area contributed by atoms with Crippen molar-refractivity contribution in [2.45, 2.75) is 11.8 Å². The molecule has 12 heavy (non-hydrogen) atoms. The van der Waals surface area contributed by atoms with E-state index >= 15 is 0 Å². The van der Waals surface area contributed by atoms with E-state index in [1.807, 2.05) is 19.1 Å². The molecule has 0 saturated heterocycles. The lowest BCUT2D eigenvalue weighted by atomic mass is 10.2. The highest BCUT2D eigenvalue weighted by Crippen LogP contribution is 2.28. The summed E-state index contributed by atoms with van der Waals surface area (Å²) in [6.07, 6.45) is 2.08. The summed E-state index contributed by atoms with van der Waals surface area (Å²) in [5, 5.41) is 1.22. The zero-order valence-electron chi connectivity index (χ0n) is 7.13. The number of rotatable bonds is 1. The average molecular weight is 178 g/mol. The van der Waals surface area contributed by atoms with E-state index in [0.717, 1.165) is 11.3 Å². The Kier molecular flexibility index (Phi) is 1.85. The smallest absolute Gasteiger partial charge is 0.135 e. The molecule has 1 aromatic heterocycles. The quantitative estimate of drug-likeness (QED) is 0.620. The van der Waals surface area contributed by atoms with Gasteiger partial charge in [0.05, 0.1) is 0 Å². The van der Waals surface area contributed by atoms with E-state index in [9.17, 15) is 0 Å². The number of furan rings is 1. The first-order chi connectivity index (χ1) is 5.81. The fourth-order valence-electron chi connectivity index (χ4n) is 1.34. The summed E-state index contributed by atoms with van der Waals surface area (Å²) in [7, 11) is 0. The first-order valence-corrected chi connectivity index (χ1v) is 5.07. The summed E-state index contributed by atoms with van der Waals surface area (Å²) in [6.45, 7) is 1.98. The third-order valence-electron chi connectivity index (χ3n) is 1.86. The molecular formula is C10H10OS. The maximum atomic E-state index is 5.50. The molecule has 0 saturated carbocycles. The Hall–Kier alpha value is -0.890. The summed E-state index contributed by atoms with van der Waals surface area (Å²) in [5.74, 6) is 0.978. The molecule has 0 bridgehead atoms. The summed E-state index contributed by atoms with van der Waals surface area (Å²) >= 11 is 1.75. The molecule has 0 amide bonds. The van der Waals surface area contributed by atoms with Gasteiger partial charge < -0.3 is 4.42 Å². The minimum atomic E-state index is 0.978. The first kappa shape index (κ1) is 7.74. The Balaban J connectivity index is 2.78. The van der Waals surface area contributed by atoms with Gasteiger partial charge in [-0.15, -0.1) is 11.8 Å². The van der Waals surface area contributed by atoms with E-state index in [4.69, 9.17) is 4.42 Å². The molecular weight excluding hydrogens is 168 g/mol. The van der Waals surface area contributed by atoms with Gasteiger partial charge in [-0.2, -0.15) is 0 Å². The second-order valence-electron chi connectivity index (χ2n) is 2.73. The lowest BCUT2D eigenvalue weighted by Crippen LogP contribution is -1.69. The van der Waals surface area contributed by atoms with E-state index in [1.165, 1.54) is 10.3 Å². The number of aryl methyl sites for hydroxylation is 1. The maximum Gasteiger partial charge on any atom is 0.135 e. The van der Waals surface area contributed by atoms with E-state index in [2.05, 4.69) is 18.4 Å². The highest BCUT2D eigenvalue weighted by atomic mass is 32.2. The Morgan fingerprint density at radius 1 is 1.33 bits per heavy atom. The van der Waals surface area contributed by atoms with Gasteiger partial charge in [-0.25, -0.2) is 0 Å². The van der Waals surface area contributed by atoms with Crippen LogP contribution in [0.2, 0.25) is 0 Å². The van der Waals surface area contributed by atoms with Gasteiger partial charge in [0.15, 0.2) is 0 Å². The predicted molar refractivity (Wildman–Crippen MR) is 52.7 cm³/mol. The minimum Gasteiger partial charge on any atom is -0.461 e. The molecule has 2 aromatic rings. The molecule has 0 spiro atoms. The Morgan fingerprint density at radius 3 is 2.92 bits per heavy atom. The first-order valence-electron chi connectivity index (χ1n) is 3.84. The minimum absolute atomic E-state index is 0.978. The molecule has 0 radical (unpaired) electrons. The third kappa shape index (κ3) is 1.12. The fraction of sp³-hybridized carbons (Fsp3) is 0.200. The average Bonchev–Trinajstić information content (AvgIpc) is 2.44. The number of benzene rings is 1. The zero-order chi connectivity index (χ0) is 8.55. The molecule has 0 aliphatic carbocycles. The van der Waals surface area contributed by atoms with Gasteiger partial charge in [0.1, 0.15) is 11.3 Å². The van der Waals surface area contributed by atoms with Crippen molar-refractivity contribution in [1.82, 2.24) is 0 Å². The second-order valence-corrected chi connectivity index (χ2v) is 3.58. The van der Waals surface area contributed by atoms with Crippen LogP contribution in [0.1, 0.15) is 5.76 Å². The van der Waals surface area contributed by atoms with Gasteiger partial charge in [0.2, 0.25) is 0 Å². The Labute approximate surface area is 75.8 Å². The van der Waals surface area contributed by atoms with Crippen LogP contribution in [0.5, 0.6) is 0 Å². The van der Waals surface area contributed by atoms with Gasteiger partial charge in [-0.3, -0.25) is 0 Å². The van der Waals surface area contributed by atoms with Crippen LogP contribution in [0.4, 0.5) is 0 Å². The summed E-state index contributed by atoms with van der Waals surface area (Å²) < 4.78 is 5.50. The number of thioether (sulfide) groups is 1. The van der Waals surface area contributed by atoms with E-state index in [-0.39, 0.29) is 0 Å². The van der Waals surface area contributed by atoms with Crippen LogP contribution in [0.3, 0.4) is 0 Å². The van der Waals surface area contributed by atoms with Gasteiger partial charge in [0, 0.05) is 10.3 Å². The maximum absolute atomic E-state index is 5.50. The van der Waals surface area contributed by atoms with Crippen molar-refractivity contribution in [3.8, 4) is 0 Å². The SMILES string of the molecule is CSc1cccc2oc(C)cc12. The number of fused-ring (bicyclic) bond motifs is 1. The largest absolute Gasteiger partial charge is 0.461 e. The highest BCUT2D eigenvalue weighted by molar-refractivity contribution is 7.98. The van der Waals surface area contributed by atoms with Crippen LogP contribution >= 0.6 is 11.8 Å². The lowest BCUT2D eigenvalue weighted by molar-refractivity contribution is 0.578. The van der Waals surface area contributed by atoms with Crippen LogP contribution in [0, 0.1) is 6.92 Å². The van der Waals surface area contributed by atoms with Gasteiger partial charge in [0.25, 0.3) is 0 Å². The zero-order valence-corrected chi connectivity index (χ0v) is 7.94. The van der Waals surface area contributed by atoms with Crippen LogP contribution in [0.25, 0.3) is 11.0 Å². The summed E-state index contributed by atoms with van der Waals surface area (Å²) in [5.41, 5.74) is 0.986. The van der Waals surface area contributed by atoms with Gasteiger partial charge in [-0.05, 0) is 31.4 Å². The fourth-order valence-corrected chi connectivity index (χ4v) is 1.93. The van der Waals surface area contributed by atoms with Crippen molar-refractivity contribution in [2.24, 2.45) is 0 Å². The van der Waals surface area contributed by atoms with Crippen LogP contribution in [-0.2, 0) is 0 Å². The second kappa shape index (κ2) is 2.87. The molecule has 62 valence electrons. The monoisotopic (exact) mass is 178 g/mol. The van der Waals surface area contributed by atoms with Crippen molar-refractivity contribution in [2.75, 3.05) is 6.26 Å². The van der Waals surface area contributed by atoms with Crippen molar-refractivity contribution >= 4 is 22.7 Å². The van der Waals surface area contributed by atoms with Gasteiger partial charge >= 0.3 is 0 Å².